The number of benzene rings is 1. The number of aliphatic carboxylic acids is 1. The second kappa shape index (κ2) is 4.47. The van der Waals surface area contributed by atoms with Gasteiger partial charge in [0.2, 0.25) is 0 Å². The van der Waals surface area contributed by atoms with Crippen LogP contribution in [0.5, 0.6) is 5.75 Å². The van der Waals surface area contributed by atoms with Crippen molar-refractivity contribution in [2.75, 3.05) is 7.11 Å². The second-order valence-electron chi connectivity index (χ2n) is 5.06. The van der Waals surface area contributed by atoms with Crippen molar-refractivity contribution < 1.29 is 14.6 Å². The number of hydrogen-bond donors (Lipinski definition) is 1. The maximum atomic E-state index is 11.0. The molecule has 0 atom stereocenters. The van der Waals surface area contributed by atoms with E-state index in [-0.39, 0.29) is 11.8 Å². The van der Waals surface area contributed by atoms with Crippen LogP contribution in [0.3, 0.4) is 0 Å². The van der Waals surface area contributed by atoms with Gasteiger partial charge in [-0.05, 0) is 37.8 Å². The highest BCUT2D eigenvalue weighted by atomic mass is 35.5. The first kappa shape index (κ1) is 13.2. The van der Waals surface area contributed by atoms with Crippen LogP contribution in [0, 0.1) is 13.8 Å². The van der Waals surface area contributed by atoms with E-state index in [0.717, 1.165) is 29.5 Å². The highest BCUT2D eigenvalue weighted by Crippen LogP contribution is 2.55. The van der Waals surface area contributed by atoms with Gasteiger partial charge in [0, 0.05) is 11.0 Å². The Balaban J connectivity index is 2.54. The van der Waals surface area contributed by atoms with Crippen LogP contribution >= 0.6 is 11.6 Å². The van der Waals surface area contributed by atoms with E-state index in [0.29, 0.717) is 10.8 Å². The molecule has 1 aromatic rings. The van der Waals surface area contributed by atoms with Gasteiger partial charge in [0.05, 0.1) is 18.6 Å². The van der Waals surface area contributed by atoms with Crippen LogP contribution in [0.4, 0.5) is 0 Å². The lowest BCUT2D eigenvalue weighted by Gasteiger charge is -2.20. The standard InChI is InChI=1S/C14H17ClO3/c1-8-6-10(13(18-3)12(15)9(8)2)14(4-5-14)7-11(16)17/h6H,4-5,7H2,1-3H3,(H,16,17). The Morgan fingerprint density at radius 2 is 2.11 bits per heavy atom. The van der Waals surface area contributed by atoms with Crippen molar-refractivity contribution in [1.29, 1.82) is 0 Å². The number of halogens is 1. The third-order valence-corrected chi connectivity index (χ3v) is 4.30. The van der Waals surface area contributed by atoms with Crippen LogP contribution in [0.15, 0.2) is 6.07 Å². The first-order chi connectivity index (χ1) is 8.41. The topological polar surface area (TPSA) is 46.5 Å². The SMILES string of the molecule is COc1c(C2(CC(=O)O)CC2)cc(C)c(C)c1Cl. The van der Waals surface area contributed by atoms with E-state index >= 15 is 0 Å². The number of ether oxygens (including phenoxy) is 1. The van der Waals surface area contributed by atoms with Gasteiger partial charge in [0.15, 0.2) is 0 Å². The third kappa shape index (κ3) is 2.07. The fraction of sp³-hybridized carbons (Fsp3) is 0.500. The van der Waals surface area contributed by atoms with Gasteiger partial charge in [-0.25, -0.2) is 0 Å². The largest absolute Gasteiger partial charge is 0.495 e. The predicted molar refractivity (Wildman–Crippen MR) is 70.6 cm³/mol. The molecule has 0 unspecified atom stereocenters. The summed E-state index contributed by atoms with van der Waals surface area (Å²) >= 11 is 6.30. The van der Waals surface area contributed by atoms with E-state index in [9.17, 15) is 4.79 Å². The Hall–Kier alpha value is -1.22. The average molecular weight is 269 g/mol. The van der Waals surface area contributed by atoms with Gasteiger partial charge in [-0.1, -0.05) is 17.7 Å². The van der Waals surface area contributed by atoms with Crippen molar-refractivity contribution in [3.8, 4) is 5.75 Å². The minimum Gasteiger partial charge on any atom is -0.495 e. The molecule has 0 saturated heterocycles. The quantitative estimate of drug-likeness (QED) is 0.909. The van der Waals surface area contributed by atoms with Gasteiger partial charge < -0.3 is 9.84 Å². The minimum absolute atomic E-state index is 0.141. The van der Waals surface area contributed by atoms with Crippen molar-refractivity contribution in [3.63, 3.8) is 0 Å². The maximum absolute atomic E-state index is 11.0. The fourth-order valence-electron chi connectivity index (χ4n) is 2.43. The maximum Gasteiger partial charge on any atom is 0.304 e. The highest BCUT2D eigenvalue weighted by molar-refractivity contribution is 6.33. The summed E-state index contributed by atoms with van der Waals surface area (Å²) in [4.78, 5) is 11.0. The zero-order valence-electron chi connectivity index (χ0n) is 10.8. The zero-order chi connectivity index (χ0) is 13.5. The van der Waals surface area contributed by atoms with E-state index in [1.54, 1.807) is 7.11 Å². The zero-order valence-corrected chi connectivity index (χ0v) is 11.6. The molecule has 0 aromatic heterocycles. The number of carbonyl (C=O) groups is 1. The summed E-state index contributed by atoms with van der Waals surface area (Å²) in [6.07, 6.45) is 1.91. The Bertz CT molecular complexity index is 504. The molecule has 1 aromatic carbocycles. The summed E-state index contributed by atoms with van der Waals surface area (Å²) in [6, 6.07) is 2.02. The monoisotopic (exact) mass is 268 g/mol. The lowest BCUT2D eigenvalue weighted by Crippen LogP contribution is -2.15. The smallest absolute Gasteiger partial charge is 0.304 e. The molecule has 0 spiro atoms. The van der Waals surface area contributed by atoms with E-state index in [2.05, 4.69) is 0 Å². The average Bonchev–Trinajstić information content (AvgIpc) is 3.05. The van der Waals surface area contributed by atoms with Gasteiger partial charge in [-0.3, -0.25) is 4.79 Å². The first-order valence-corrected chi connectivity index (χ1v) is 6.35. The molecule has 1 aliphatic rings. The number of carboxylic acids is 1. The Labute approximate surface area is 112 Å². The molecule has 0 bridgehead atoms. The van der Waals surface area contributed by atoms with Crippen molar-refractivity contribution >= 4 is 17.6 Å². The van der Waals surface area contributed by atoms with E-state index in [1.807, 2.05) is 19.9 Å². The van der Waals surface area contributed by atoms with Crippen LogP contribution < -0.4 is 4.74 Å². The van der Waals surface area contributed by atoms with E-state index < -0.39 is 5.97 Å². The molecule has 0 amide bonds. The molecule has 0 aliphatic heterocycles. The molecule has 1 fully saturated rings. The van der Waals surface area contributed by atoms with Crippen LogP contribution in [0.25, 0.3) is 0 Å². The normalized spacial score (nSPS) is 16.4. The molecule has 1 N–H and O–H groups in total. The van der Waals surface area contributed by atoms with Crippen LogP contribution in [0.1, 0.15) is 36.0 Å². The van der Waals surface area contributed by atoms with E-state index in [4.69, 9.17) is 21.4 Å². The summed E-state index contributed by atoms with van der Waals surface area (Å²) in [5.41, 5.74) is 2.73. The number of aryl methyl sites for hydroxylation is 1. The van der Waals surface area contributed by atoms with Crippen molar-refractivity contribution in [2.45, 2.75) is 38.5 Å². The molecular weight excluding hydrogens is 252 g/mol. The Morgan fingerprint density at radius 1 is 1.50 bits per heavy atom. The summed E-state index contributed by atoms with van der Waals surface area (Å²) < 4.78 is 5.39. The summed E-state index contributed by atoms with van der Waals surface area (Å²) in [6.45, 7) is 3.93. The lowest BCUT2D eigenvalue weighted by atomic mass is 9.89. The van der Waals surface area contributed by atoms with E-state index in [1.165, 1.54) is 0 Å². The number of carboxylic acid groups (broad SMARTS) is 1. The van der Waals surface area contributed by atoms with Crippen molar-refractivity contribution in [2.24, 2.45) is 0 Å². The molecule has 18 heavy (non-hydrogen) atoms. The second-order valence-corrected chi connectivity index (χ2v) is 5.44. The first-order valence-electron chi connectivity index (χ1n) is 5.97. The molecule has 2 rings (SSSR count). The molecule has 1 saturated carbocycles. The molecule has 1 aliphatic carbocycles. The Morgan fingerprint density at radius 3 is 2.56 bits per heavy atom. The summed E-state index contributed by atoms with van der Waals surface area (Å²) in [5.74, 6) is -0.137. The van der Waals surface area contributed by atoms with Crippen LogP contribution in [-0.4, -0.2) is 18.2 Å². The summed E-state index contributed by atoms with van der Waals surface area (Å²) in [7, 11) is 1.58. The lowest BCUT2D eigenvalue weighted by molar-refractivity contribution is -0.137. The molecule has 98 valence electrons. The van der Waals surface area contributed by atoms with Crippen molar-refractivity contribution in [3.05, 3.63) is 27.8 Å². The molecule has 0 heterocycles. The van der Waals surface area contributed by atoms with Gasteiger partial charge in [-0.2, -0.15) is 0 Å². The highest BCUT2D eigenvalue weighted by Gasteiger charge is 2.48. The van der Waals surface area contributed by atoms with Crippen molar-refractivity contribution in [1.82, 2.24) is 0 Å². The predicted octanol–water partition coefficient (Wildman–Crippen LogP) is 3.47. The molecule has 0 radical (unpaired) electrons. The summed E-state index contributed by atoms with van der Waals surface area (Å²) in [5, 5.41) is 9.63. The fourth-order valence-corrected chi connectivity index (χ4v) is 2.76. The molecule has 3 nitrogen and oxygen atoms in total. The number of hydrogen-bond acceptors (Lipinski definition) is 2. The number of methoxy groups -OCH3 is 1. The Kier molecular flexibility index (Phi) is 3.28. The van der Waals surface area contributed by atoms with Gasteiger partial charge in [-0.15, -0.1) is 0 Å². The van der Waals surface area contributed by atoms with Crippen LogP contribution in [0.2, 0.25) is 5.02 Å². The minimum atomic E-state index is -0.774. The van der Waals surface area contributed by atoms with Gasteiger partial charge in [0.1, 0.15) is 5.75 Å². The third-order valence-electron chi connectivity index (χ3n) is 3.84. The number of rotatable bonds is 4. The van der Waals surface area contributed by atoms with Gasteiger partial charge >= 0.3 is 5.97 Å². The van der Waals surface area contributed by atoms with Gasteiger partial charge in [0.25, 0.3) is 0 Å². The molecular formula is C14H17ClO3. The van der Waals surface area contributed by atoms with Crippen LogP contribution in [-0.2, 0) is 10.2 Å². The molecule has 4 heteroatoms.